The molecule has 0 saturated carbocycles. The van der Waals surface area contributed by atoms with Crippen molar-refractivity contribution in [1.29, 1.82) is 0 Å². The number of hydrogen-bond acceptors (Lipinski definition) is 4. The van der Waals surface area contributed by atoms with Crippen molar-refractivity contribution in [2.24, 2.45) is 0 Å². The van der Waals surface area contributed by atoms with Crippen LogP contribution >= 0.6 is 0 Å². The van der Waals surface area contributed by atoms with E-state index in [-0.39, 0.29) is 32.2 Å². The zero-order chi connectivity index (χ0) is 8.97. The van der Waals surface area contributed by atoms with E-state index in [2.05, 4.69) is 5.32 Å². The molecule has 1 fully saturated rings. The monoisotopic (exact) mass is 187 g/mol. The van der Waals surface area contributed by atoms with Gasteiger partial charge in [0.15, 0.2) is 0 Å². The van der Waals surface area contributed by atoms with E-state index < -0.39 is 7.12 Å². The number of nitrogens with one attached hydrogen (secondary N) is 1. The highest BCUT2D eigenvalue weighted by Crippen LogP contribution is 2.01. The van der Waals surface area contributed by atoms with E-state index in [4.69, 9.17) is 9.31 Å². The predicted molar refractivity (Wildman–Crippen MR) is 47.8 cm³/mol. The molecule has 13 heavy (non-hydrogen) atoms. The van der Waals surface area contributed by atoms with Crippen LogP contribution in [0.15, 0.2) is 0 Å². The largest absolute Gasteiger partial charge is 0.547 e. The molecule has 1 aliphatic heterocycles. The molecule has 0 spiro atoms. The van der Waals surface area contributed by atoms with Gasteiger partial charge in [0.05, 0.1) is 12.9 Å². The van der Waals surface area contributed by atoms with Crippen LogP contribution in [0.4, 0.5) is 0 Å². The molecule has 1 rings (SSSR count). The maximum atomic E-state index is 10.7. The Kier molecular flexibility index (Phi) is 5.14. The molecule has 0 aromatic rings. The van der Waals surface area contributed by atoms with E-state index in [1.165, 1.54) is 6.92 Å². The van der Waals surface area contributed by atoms with Gasteiger partial charge < -0.3 is 14.6 Å². The summed E-state index contributed by atoms with van der Waals surface area (Å²) >= 11 is 0. The summed E-state index contributed by atoms with van der Waals surface area (Å²) in [7, 11) is -0.616. The van der Waals surface area contributed by atoms with Crippen LogP contribution in [-0.2, 0) is 18.9 Å². The van der Waals surface area contributed by atoms with Crippen LogP contribution in [0.1, 0.15) is 20.8 Å². The summed E-state index contributed by atoms with van der Waals surface area (Å²) in [5, 5.41) is 2.49. The molecule has 0 aromatic carbocycles. The van der Waals surface area contributed by atoms with Gasteiger partial charge in [-0.15, -0.1) is 0 Å². The van der Waals surface area contributed by atoms with E-state index >= 15 is 0 Å². The quantitative estimate of drug-likeness (QED) is 0.605. The molecule has 1 heterocycles. The first-order chi connectivity index (χ1) is 5.68. The van der Waals surface area contributed by atoms with Crippen molar-refractivity contribution in [3.63, 3.8) is 0 Å². The second kappa shape index (κ2) is 5.58. The Labute approximate surface area is 77.9 Å². The standard InChI is InChI=1S/C6H10BNO4.CH4/c1-5(9)8-4-7-11-3-2-6(10)12-7;/h2-4H2,1H3,(H,8,9);1H4. The molecule has 0 aromatic heterocycles. The van der Waals surface area contributed by atoms with Crippen molar-refractivity contribution in [3.8, 4) is 0 Å². The minimum absolute atomic E-state index is 0. The first-order valence-corrected chi connectivity index (χ1v) is 3.74. The molecular weight excluding hydrogens is 173 g/mol. The molecule has 0 aliphatic carbocycles. The summed E-state index contributed by atoms with van der Waals surface area (Å²) in [5.74, 6) is -0.447. The lowest BCUT2D eigenvalue weighted by Gasteiger charge is -2.18. The van der Waals surface area contributed by atoms with Gasteiger partial charge in [-0.2, -0.15) is 0 Å². The van der Waals surface area contributed by atoms with Crippen LogP contribution < -0.4 is 5.32 Å². The lowest BCUT2D eigenvalue weighted by atomic mass is 9.89. The average molecular weight is 187 g/mol. The second-order valence-corrected chi connectivity index (χ2v) is 2.48. The Bertz CT molecular complexity index is 197. The third-order valence-corrected chi connectivity index (χ3v) is 1.39. The Morgan fingerprint density at radius 3 is 2.92 bits per heavy atom. The van der Waals surface area contributed by atoms with Crippen LogP contribution in [0.2, 0.25) is 0 Å². The molecule has 0 atom stereocenters. The Morgan fingerprint density at radius 2 is 2.38 bits per heavy atom. The summed E-state index contributed by atoms with van der Waals surface area (Å²) in [6, 6.07) is 0. The zero-order valence-corrected chi connectivity index (χ0v) is 6.83. The Morgan fingerprint density at radius 1 is 1.69 bits per heavy atom. The molecule has 1 amide bonds. The molecule has 5 nitrogen and oxygen atoms in total. The topological polar surface area (TPSA) is 64.6 Å². The summed E-state index contributed by atoms with van der Waals surface area (Å²) < 4.78 is 9.80. The maximum Gasteiger partial charge on any atom is 0.547 e. The van der Waals surface area contributed by atoms with E-state index in [0.29, 0.717) is 6.61 Å². The van der Waals surface area contributed by atoms with E-state index in [0.717, 1.165) is 0 Å². The lowest BCUT2D eigenvalue weighted by molar-refractivity contribution is -0.139. The third kappa shape index (κ3) is 4.52. The van der Waals surface area contributed by atoms with Gasteiger partial charge in [0, 0.05) is 13.5 Å². The highest BCUT2D eigenvalue weighted by molar-refractivity contribution is 6.47. The first-order valence-electron chi connectivity index (χ1n) is 3.74. The summed E-state index contributed by atoms with van der Waals surface area (Å²) in [6.07, 6.45) is 0.512. The number of hydrogen-bond donors (Lipinski definition) is 1. The summed E-state index contributed by atoms with van der Waals surface area (Å²) in [5.41, 5.74) is 0. The summed E-state index contributed by atoms with van der Waals surface area (Å²) in [6.45, 7) is 1.76. The normalized spacial score (nSPS) is 15.8. The van der Waals surface area contributed by atoms with Gasteiger partial charge >= 0.3 is 7.12 Å². The highest BCUT2D eigenvalue weighted by atomic mass is 16.6. The van der Waals surface area contributed by atoms with Crippen LogP contribution in [0.25, 0.3) is 0 Å². The Hall–Kier alpha value is -1.04. The number of amides is 1. The molecule has 0 bridgehead atoms. The minimum Gasteiger partial charge on any atom is -0.508 e. The molecular formula is C7H14BNO4. The van der Waals surface area contributed by atoms with Gasteiger partial charge in [0.25, 0.3) is 5.97 Å². The minimum atomic E-state index is -0.616. The molecule has 1 N–H and O–H groups in total. The number of carbonyl (C=O) groups is 2. The van der Waals surface area contributed by atoms with Crippen LogP contribution in [0, 0.1) is 0 Å². The molecule has 6 heteroatoms. The maximum absolute atomic E-state index is 10.7. The van der Waals surface area contributed by atoms with Crippen molar-refractivity contribution in [1.82, 2.24) is 5.32 Å². The van der Waals surface area contributed by atoms with Gasteiger partial charge in [0.1, 0.15) is 0 Å². The number of rotatable bonds is 2. The fraction of sp³-hybridized carbons (Fsp3) is 0.714. The molecule has 0 unspecified atom stereocenters. The van der Waals surface area contributed by atoms with Gasteiger partial charge in [-0.25, -0.2) is 0 Å². The van der Waals surface area contributed by atoms with Crippen molar-refractivity contribution < 1.29 is 18.9 Å². The number of carbonyl (C=O) groups excluding carboxylic acids is 2. The van der Waals surface area contributed by atoms with Gasteiger partial charge in [0.2, 0.25) is 5.91 Å². The van der Waals surface area contributed by atoms with Gasteiger partial charge in [-0.05, 0) is 0 Å². The van der Waals surface area contributed by atoms with Crippen LogP contribution in [-0.4, -0.2) is 32.0 Å². The second-order valence-electron chi connectivity index (χ2n) is 2.48. The van der Waals surface area contributed by atoms with E-state index in [1.54, 1.807) is 0 Å². The molecule has 1 aliphatic rings. The van der Waals surface area contributed by atoms with Gasteiger partial charge in [-0.3, -0.25) is 9.59 Å². The van der Waals surface area contributed by atoms with E-state index in [1.807, 2.05) is 0 Å². The lowest BCUT2D eigenvalue weighted by Crippen LogP contribution is -2.42. The fourth-order valence-corrected chi connectivity index (χ4v) is 0.841. The fourth-order valence-electron chi connectivity index (χ4n) is 0.841. The SMILES string of the molecule is C.CC(=O)NCB1OCCC(=O)O1. The summed E-state index contributed by atoms with van der Waals surface area (Å²) in [4.78, 5) is 21.2. The van der Waals surface area contributed by atoms with Crippen LogP contribution in [0.3, 0.4) is 0 Å². The van der Waals surface area contributed by atoms with Crippen LogP contribution in [0.5, 0.6) is 0 Å². The smallest absolute Gasteiger partial charge is 0.508 e. The Balaban J connectivity index is 0.00000144. The molecule has 1 saturated heterocycles. The highest BCUT2D eigenvalue weighted by Gasteiger charge is 2.27. The van der Waals surface area contributed by atoms with E-state index in [9.17, 15) is 9.59 Å². The molecule has 0 radical (unpaired) electrons. The zero-order valence-electron chi connectivity index (χ0n) is 6.83. The third-order valence-electron chi connectivity index (χ3n) is 1.39. The van der Waals surface area contributed by atoms with Crippen molar-refractivity contribution in [2.45, 2.75) is 20.8 Å². The van der Waals surface area contributed by atoms with Crippen molar-refractivity contribution in [2.75, 3.05) is 13.1 Å². The van der Waals surface area contributed by atoms with Crippen molar-refractivity contribution >= 4 is 19.0 Å². The first kappa shape index (κ1) is 12.0. The van der Waals surface area contributed by atoms with Gasteiger partial charge in [-0.1, -0.05) is 7.43 Å². The predicted octanol–water partition coefficient (Wildman–Crippen LogP) is -0.250. The molecule has 74 valence electrons. The van der Waals surface area contributed by atoms with Crippen molar-refractivity contribution in [3.05, 3.63) is 0 Å². The average Bonchev–Trinajstić information content (AvgIpc) is 2.01.